The average molecular weight is 426 g/mol. The average Bonchev–Trinajstić information content (AvgIpc) is 3.12. The van der Waals surface area contributed by atoms with Crippen molar-refractivity contribution in [2.75, 3.05) is 56.4 Å². The maximum Gasteiger partial charge on any atom is 0.573 e. The van der Waals surface area contributed by atoms with Crippen molar-refractivity contribution in [2.45, 2.75) is 12.8 Å². The number of ether oxygens (including phenoxy) is 2. The Bertz CT molecular complexity index is 819. The van der Waals surface area contributed by atoms with Gasteiger partial charge in [-0.15, -0.1) is 13.2 Å². The van der Waals surface area contributed by atoms with E-state index in [4.69, 9.17) is 4.74 Å². The molecule has 0 aliphatic carbocycles. The molecule has 8 nitrogen and oxygen atoms in total. The van der Waals surface area contributed by atoms with Gasteiger partial charge in [0.15, 0.2) is 11.6 Å². The Morgan fingerprint density at radius 2 is 1.93 bits per heavy atom. The van der Waals surface area contributed by atoms with Gasteiger partial charge in [0, 0.05) is 18.8 Å². The predicted octanol–water partition coefficient (Wildman–Crippen LogP) is 3.23. The molecule has 1 fully saturated rings. The third-order valence-corrected chi connectivity index (χ3v) is 4.65. The summed E-state index contributed by atoms with van der Waals surface area (Å²) in [5, 5.41) is 9.38. The number of nitrogens with zero attached hydrogens (tertiary/aromatic N) is 3. The van der Waals surface area contributed by atoms with Crippen LogP contribution in [0.5, 0.6) is 11.5 Å². The van der Waals surface area contributed by atoms with Crippen molar-refractivity contribution in [2.24, 2.45) is 5.92 Å². The number of anilines is 3. The van der Waals surface area contributed by atoms with Crippen LogP contribution < -0.4 is 25.4 Å². The van der Waals surface area contributed by atoms with E-state index in [2.05, 4.69) is 42.6 Å². The van der Waals surface area contributed by atoms with Crippen LogP contribution >= 0.6 is 0 Å². The molecule has 30 heavy (non-hydrogen) atoms. The number of aromatic nitrogens is 2. The molecule has 1 aromatic carbocycles. The molecule has 1 atom stereocenters. The van der Waals surface area contributed by atoms with Crippen molar-refractivity contribution in [3.63, 3.8) is 0 Å². The maximum atomic E-state index is 12.2. The van der Waals surface area contributed by atoms with E-state index in [1.807, 2.05) is 0 Å². The lowest BCUT2D eigenvalue weighted by Gasteiger charge is -2.15. The smallest absolute Gasteiger partial charge is 0.491 e. The highest BCUT2D eigenvalue weighted by atomic mass is 19.4. The lowest BCUT2D eigenvalue weighted by molar-refractivity contribution is -0.274. The second-order valence-corrected chi connectivity index (χ2v) is 7.01. The molecule has 2 aromatic rings. The van der Waals surface area contributed by atoms with Gasteiger partial charge in [-0.05, 0) is 50.2 Å². The highest BCUT2D eigenvalue weighted by molar-refractivity contribution is 5.52. The molecule has 2 heterocycles. The van der Waals surface area contributed by atoms with Crippen molar-refractivity contribution in [3.8, 4) is 11.5 Å². The number of benzene rings is 1. The molecule has 3 rings (SSSR count). The molecule has 0 spiro atoms. The van der Waals surface area contributed by atoms with Crippen molar-refractivity contribution in [1.82, 2.24) is 14.9 Å². The Labute approximate surface area is 172 Å². The first-order valence-corrected chi connectivity index (χ1v) is 9.49. The van der Waals surface area contributed by atoms with Gasteiger partial charge in [0.25, 0.3) is 0 Å². The molecule has 0 radical (unpaired) electrons. The third kappa shape index (κ3) is 6.55. The van der Waals surface area contributed by atoms with Crippen LogP contribution in [0, 0.1) is 5.92 Å². The summed E-state index contributed by atoms with van der Waals surface area (Å²) in [5.41, 5.74) is 0.620. The van der Waals surface area contributed by atoms with Gasteiger partial charge in [-0.1, -0.05) is 0 Å². The largest absolute Gasteiger partial charge is 0.573 e. The van der Waals surface area contributed by atoms with Gasteiger partial charge in [-0.2, -0.15) is 4.98 Å². The summed E-state index contributed by atoms with van der Waals surface area (Å²) >= 11 is 0. The van der Waals surface area contributed by atoms with E-state index in [0.29, 0.717) is 29.1 Å². The second kappa shape index (κ2) is 9.70. The summed E-state index contributed by atoms with van der Waals surface area (Å²) in [5.74, 6) is 1.84. The number of alkyl halides is 3. The van der Waals surface area contributed by atoms with Crippen LogP contribution in [0.25, 0.3) is 0 Å². The van der Waals surface area contributed by atoms with Crippen LogP contribution in [0.1, 0.15) is 6.42 Å². The molecule has 1 aliphatic heterocycles. The number of rotatable bonds is 9. The van der Waals surface area contributed by atoms with Gasteiger partial charge in [0.1, 0.15) is 5.75 Å². The van der Waals surface area contributed by atoms with Crippen LogP contribution in [-0.2, 0) is 0 Å². The highest BCUT2D eigenvalue weighted by Gasteiger charge is 2.30. The number of nitrogens with one attached hydrogen (secondary N) is 3. The van der Waals surface area contributed by atoms with Crippen molar-refractivity contribution >= 4 is 17.5 Å². The molecule has 164 valence electrons. The molecular formula is C19H25F3N6O2. The van der Waals surface area contributed by atoms with Crippen molar-refractivity contribution < 1.29 is 22.6 Å². The maximum absolute atomic E-state index is 12.2. The number of likely N-dealkylation sites (tertiary alicyclic amines) is 1. The van der Waals surface area contributed by atoms with Crippen LogP contribution in [0.3, 0.4) is 0 Å². The zero-order chi connectivity index (χ0) is 21.6. The normalized spacial score (nSPS) is 16.9. The SMILES string of the molecule is COc1cnc(NCNc2ccc(OC(F)(F)F)cc2)nc1NCC1CCN(C)C1. The summed E-state index contributed by atoms with van der Waals surface area (Å²) in [6.07, 6.45) is -1.98. The minimum absolute atomic E-state index is 0.274. The van der Waals surface area contributed by atoms with Crippen molar-refractivity contribution in [3.05, 3.63) is 30.5 Å². The van der Waals surface area contributed by atoms with E-state index in [9.17, 15) is 13.2 Å². The number of halogens is 3. The molecule has 1 saturated heterocycles. The molecule has 0 amide bonds. The zero-order valence-corrected chi connectivity index (χ0v) is 16.8. The molecule has 3 N–H and O–H groups in total. The summed E-state index contributed by atoms with van der Waals surface area (Å²) in [7, 11) is 3.67. The first-order chi connectivity index (χ1) is 14.3. The molecule has 0 bridgehead atoms. The van der Waals surface area contributed by atoms with Crippen LogP contribution in [0.4, 0.5) is 30.6 Å². The molecule has 0 saturated carbocycles. The monoisotopic (exact) mass is 426 g/mol. The summed E-state index contributed by atoms with van der Waals surface area (Å²) in [4.78, 5) is 11.0. The molecular weight excluding hydrogens is 401 g/mol. The van der Waals surface area contributed by atoms with E-state index in [0.717, 1.165) is 26.1 Å². The summed E-state index contributed by atoms with van der Waals surface area (Å²) < 4.78 is 45.8. The van der Waals surface area contributed by atoms with Gasteiger partial charge in [-0.3, -0.25) is 0 Å². The quantitative estimate of drug-likeness (QED) is 0.527. The minimum atomic E-state index is -4.71. The Kier molecular flexibility index (Phi) is 7.03. The molecule has 11 heteroatoms. The van der Waals surface area contributed by atoms with Gasteiger partial charge in [0.2, 0.25) is 5.95 Å². The first kappa shape index (κ1) is 21.8. The van der Waals surface area contributed by atoms with E-state index in [1.54, 1.807) is 13.3 Å². The summed E-state index contributed by atoms with van der Waals surface area (Å²) in [6.45, 7) is 3.21. The Morgan fingerprint density at radius 3 is 2.57 bits per heavy atom. The molecule has 1 aromatic heterocycles. The van der Waals surface area contributed by atoms with E-state index in [-0.39, 0.29) is 12.4 Å². The van der Waals surface area contributed by atoms with Gasteiger partial charge in [-0.25, -0.2) is 4.98 Å². The van der Waals surface area contributed by atoms with Crippen LogP contribution in [-0.4, -0.2) is 61.7 Å². The van der Waals surface area contributed by atoms with Crippen LogP contribution in [0.2, 0.25) is 0 Å². The fraction of sp³-hybridized carbons (Fsp3) is 0.474. The lowest BCUT2D eigenvalue weighted by atomic mass is 10.1. The van der Waals surface area contributed by atoms with Gasteiger partial charge in [0.05, 0.1) is 20.0 Å². The minimum Gasteiger partial charge on any atom is -0.491 e. The highest BCUT2D eigenvalue weighted by Crippen LogP contribution is 2.25. The lowest BCUT2D eigenvalue weighted by Crippen LogP contribution is -2.20. The fourth-order valence-electron chi connectivity index (χ4n) is 3.17. The number of hydrogen-bond donors (Lipinski definition) is 3. The molecule has 1 unspecified atom stereocenters. The fourth-order valence-corrected chi connectivity index (χ4v) is 3.17. The van der Waals surface area contributed by atoms with Crippen molar-refractivity contribution in [1.29, 1.82) is 0 Å². The summed E-state index contributed by atoms with van der Waals surface area (Å²) in [6, 6.07) is 5.46. The zero-order valence-electron chi connectivity index (χ0n) is 16.8. The standard InChI is InChI=1S/C19H25F3N6O2/c1-28-8-7-13(11-28)9-23-17-16(29-2)10-24-18(27-17)26-12-25-14-3-5-15(6-4-14)30-19(20,21)22/h3-6,10,13,25H,7-9,11-12H2,1-2H3,(H2,23,24,26,27). The van der Waals surface area contributed by atoms with E-state index in [1.165, 1.54) is 24.3 Å². The Hall–Kier alpha value is -2.95. The second-order valence-electron chi connectivity index (χ2n) is 7.01. The number of hydrogen-bond acceptors (Lipinski definition) is 8. The van der Waals surface area contributed by atoms with Gasteiger partial charge >= 0.3 is 6.36 Å². The van der Waals surface area contributed by atoms with E-state index >= 15 is 0 Å². The Balaban J connectivity index is 1.51. The predicted molar refractivity (Wildman–Crippen MR) is 108 cm³/mol. The number of methoxy groups -OCH3 is 1. The van der Waals surface area contributed by atoms with E-state index < -0.39 is 6.36 Å². The van der Waals surface area contributed by atoms with Crippen LogP contribution in [0.15, 0.2) is 30.5 Å². The van der Waals surface area contributed by atoms with Gasteiger partial charge < -0.3 is 30.3 Å². The topological polar surface area (TPSA) is 83.6 Å². The Morgan fingerprint density at radius 1 is 1.17 bits per heavy atom. The molecule has 1 aliphatic rings. The first-order valence-electron chi connectivity index (χ1n) is 9.49. The third-order valence-electron chi connectivity index (χ3n) is 4.65.